The number of fused-ring (bicyclic) bond motifs is 1. The van der Waals surface area contributed by atoms with Gasteiger partial charge in [0.15, 0.2) is 11.8 Å². The molecule has 1 atom stereocenters. The zero-order valence-corrected chi connectivity index (χ0v) is 25.5. The Kier molecular flexibility index (Phi) is 12.7. The number of rotatable bonds is 12. The van der Waals surface area contributed by atoms with Crippen molar-refractivity contribution in [3.05, 3.63) is 81.1 Å². The number of carbonyl (C=O) groups is 1. The van der Waals surface area contributed by atoms with E-state index in [1.165, 1.54) is 11.6 Å². The molecule has 0 fully saturated rings. The Morgan fingerprint density at radius 2 is 1.86 bits per heavy atom. The number of nitrogens with one attached hydrogen (secondary N) is 2. The minimum Gasteiger partial charge on any atom is -0.377 e. The van der Waals surface area contributed by atoms with Crippen molar-refractivity contribution in [3.63, 3.8) is 0 Å². The fraction of sp³-hybridized carbons (Fsp3) is 0.333. The third-order valence-electron chi connectivity index (χ3n) is 6.52. The summed E-state index contributed by atoms with van der Waals surface area (Å²) >= 11 is 6.21. The largest absolute Gasteiger partial charge is 0.377 e. The van der Waals surface area contributed by atoms with Crippen LogP contribution in [0.2, 0.25) is 5.02 Å². The average Bonchev–Trinajstić information content (AvgIpc) is 3.39. The van der Waals surface area contributed by atoms with Gasteiger partial charge in [-0.15, -0.1) is 0 Å². The van der Waals surface area contributed by atoms with E-state index in [2.05, 4.69) is 20.3 Å². The number of ether oxygens (including phenoxy) is 1. The van der Waals surface area contributed by atoms with Gasteiger partial charge in [-0.2, -0.15) is 4.98 Å². The summed E-state index contributed by atoms with van der Waals surface area (Å²) in [5.41, 5.74) is 23.7. The summed E-state index contributed by atoms with van der Waals surface area (Å²) in [6.45, 7) is 3.27. The molecule has 0 aliphatic heterocycles. The number of guanidine groups is 1. The van der Waals surface area contributed by atoms with Gasteiger partial charge in [0.05, 0.1) is 23.0 Å². The van der Waals surface area contributed by atoms with Crippen molar-refractivity contribution >= 4 is 34.6 Å². The molecule has 12 nitrogen and oxygen atoms in total. The van der Waals surface area contributed by atoms with Crippen LogP contribution < -0.4 is 33.9 Å². The lowest BCUT2D eigenvalue weighted by molar-refractivity contribution is 0.119. The summed E-state index contributed by atoms with van der Waals surface area (Å²) in [6, 6.07) is 12.1. The molecule has 0 aliphatic carbocycles. The second-order valence-electron chi connectivity index (χ2n) is 10.2. The standard InChI is InChI=1S/C28H32ClFN6O3.C2H7N3/c1-17(31)4-2-5-19-12-22(25(30)23(29)13-19)24-14-20-15-36(28(38)35-26(20)34-24)21-8-6-18(7-9-21)16-39-11-3-10-33-27(32)37;1-5-2(3)4/h6-9,12-15,17H,2-5,10-11,16,31H2,1H3,(H3,32,33,37)(H,34,35,38);1H3,(H4,3,4,5). The minimum absolute atomic E-state index is 0.0425. The molecule has 14 heteroatoms. The molecule has 10 N–H and O–H groups in total. The second kappa shape index (κ2) is 16.4. The molecule has 1 unspecified atom stereocenters. The Labute approximate surface area is 259 Å². The third kappa shape index (κ3) is 10.1. The van der Waals surface area contributed by atoms with E-state index in [1.807, 2.05) is 19.1 Å². The van der Waals surface area contributed by atoms with Crippen LogP contribution in [0.1, 0.15) is 37.3 Å². The normalized spacial score (nSPS) is 11.5. The number of urea groups is 1. The first-order valence-electron chi connectivity index (χ1n) is 14.0. The fourth-order valence-corrected chi connectivity index (χ4v) is 4.51. The van der Waals surface area contributed by atoms with Gasteiger partial charge in [0.25, 0.3) is 0 Å². The first kappa shape index (κ1) is 34.0. The van der Waals surface area contributed by atoms with Crippen LogP contribution in [0.3, 0.4) is 0 Å². The maximum absolute atomic E-state index is 15.0. The first-order valence-corrected chi connectivity index (χ1v) is 14.4. The highest BCUT2D eigenvalue weighted by atomic mass is 35.5. The number of halogens is 2. The molecule has 2 aromatic heterocycles. The lowest BCUT2D eigenvalue weighted by Gasteiger charge is -2.09. The zero-order valence-electron chi connectivity index (χ0n) is 24.8. The molecule has 2 amide bonds. The average molecular weight is 628 g/mol. The molecule has 44 heavy (non-hydrogen) atoms. The molecular weight excluding hydrogens is 589 g/mol. The van der Waals surface area contributed by atoms with E-state index in [0.29, 0.717) is 54.2 Å². The maximum Gasteiger partial charge on any atom is 0.354 e. The number of amides is 2. The second-order valence-corrected chi connectivity index (χ2v) is 10.6. The number of aliphatic imine (C=N–C) groups is 1. The number of nitrogens with zero attached hydrogens (tertiary/aromatic N) is 3. The number of hydrogen-bond acceptors (Lipinski definition) is 6. The van der Waals surface area contributed by atoms with Gasteiger partial charge >= 0.3 is 11.7 Å². The van der Waals surface area contributed by atoms with Crippen LogP contribution in [-0.2, 0) is 17.8 Å². The van der Waals surface area contributed by atoms with Crippen molar-refractivity contribution < 1.29 is 13.9 Å². The molecule has 0 saturated carbocycles. The molecular formula is C30H39ClFN9O3. The summed E-state index contributed by atoms with van der Waals surface area (Å²) < 4.78 is 22.0. The van der Waals surface area contributed by atoms with Crippen LogP contribution in [0.15, 0.2) is 58.4 Å². The Balaban J connectivity index is 0.000000978. The number of nitrogens with two attached hydrogens (primary N) is 4. The van der Waals surface area contributed by atoms with E-state index in [4.69, 9.17) is 39.3 Å². The molecule has 4 aromatic rings. The Hall–Kier alpha value is -4.46. The van der Waals surface area contributed by atoms with Gasteiger partial charge in [0, 0.05) is 43.4 Å². The van der Waals surface area contributed by atoms with Gasteiger partial charge in [-0.1, -0.05) is 23.7 Å². The van der Waals surface area contributed by atoms with E-state index in [1.54, 1.807) is 36.5 Å². The Bertz CT molecular complexity index is 1630. The van der Waals surface area contributed by atoms with Crippen molar-refractivity contribution in [1.29, 1.82) is 0 Å². The number of carbonyl (C=O) groups excluding carboxylic acids is 1. The third-order valence-corrected chi connectivity index (χ3v) is 6.79. The van der Waals surface area contributed by atoms with E-state index in [9.17, 15) is 14.0 Å². The lowest BCUT2D eigenvalue weighted by atomic mass is 10.0. The molecule has 236 valence electrons. The molecule has 0 spiro atoms. The monoisotopic (exact) mass is 627 g/mol. The molecule has 0 bridgehead atoms. The number of H-pyrrole nitrogens is 1. The van der Waals surface area contributed by atoms with Crippen LogP contribution in [0.5, 0.6) is 0 Å². The molecule has 0 saturated heterocycles. The summed E-state index contributed by atoms with van der Waals surface area (Å²) in [6.07, 6.45) is 4.77. The molecule has 2 aromatic carbocycles. The number of benzene rings is 2. The van der Waals surface area contributed by atoms with Gasteiger partial charge in [0.2, 0.25) is 0 Å². The van der Waals surface area contributed by atoms with Crippen LogP contribution in [-0.4, -0.2) is 52.8 Å². The smallest absolute Gasteiger partial charge is 0.354 e. The highest BCUT2D eigenvalue weighted by Gasteiger charge is 2.15. The van der Waals surface area contributed by atoms with E-state index in [0.717, 1.165) is 30.4 Å². The van der Waals surface area contributed by atoms with Crippen LogP contribution in [0.25, 0.3) is 28.0 Å². The molecule has 4 rings (SSSR count). The fourth-order valence-electron chi connectivity index (χ4n) is 4.27. The van der Waals surface area contributed by atoms with E-state index >= 15 is 0 Å². The summed E-state index contributed by atoms with van der Waals surface area (Å²) in [5.74, 6) is -0.402. The summed E-state index contributed by atoms with van der Waals surface area (Å²) in [4.78, 5) is 34.1. The predicted octanol–water partition coefficient (Wildman–Crippen LogP) is 3.31. The van der Waals surface area contributed by atoms with Crippen molar-refractivity contribution in [2.75, 3.05) is 20.2 Å². The minimum atomic E-state index is -0.557. The number of aryl methyl sites for hydroxylation is 1. The Morgan fingerprint density at radius 3 is 2.50 bits per heavy atom. The number of aromatic nitrogens is 3. The lowest BCUT2D eigenvalue weighted by Crippen LogP contribution is -2.30. The molecule has 0 aliphatic rings. The van der Waals surface area contributed by atoms with Gasteiger partial charge in [0.1, 0.15) is 5.65 Å². The van der Waals surface area contributed by atoms with Crippen LogP contribution in [0.4, 0.5) is 9.18 Å². The van der Waals surface area contributed by atoms with Gasteiger partial charge in [-0.25, -0.2) is 14.0 Å². The van der Waals surface area contributed by atoms with Crippen molar-refractivity contribution in [2.45, 2.75) is 45.3 Å². The van der Waals surface area contributed by atoms with Crippen LogP contribution >= 0.6 is 11.6 Å². The SMILES string of the molecule is CC(N)CCCc1cc(Cl)c(F)c(-c2cc3cn(-c4ccc(COCCCNC(N)=O)cc4)c(=O)nc3[nH]2)c1.CN=C(N)N. The molecule has 2 heterocycles. The van der Waals surface area contributed by atoms with Crippen molar-refractivity contribution in [1.82, 2.24) is 19.9 Å². The quantitative estimate of drug-likeness (QED) is 0.0784. The summed E-state index contributed by atoms with van der Waals surface area (Å²) in [5, 5.41) is 3.20. The van der Waals surface area contributed by atoms with E-state index < -0.39 is 17.5 Å². The highest BCUT2D eigenvalue weighted by Crippen LogP contribution is 2.31. The topological polar surface area (TPSA) is 205 Å². The first-order chi connectivity index (χ1) is 21.0. The highest BCUT2D eigenvalue weighted by molar-refractivity contribution is 6.31. The Morgan fingerprint density at radius 1 is 1.16 bits per heavy atom. The van der Waals surface area contributed by atoms with Gasteiger partial charge < -0.3 is 38.0 Å². The molecule has 0 radical (unpaired) electrons. The predicted molar refractivity (Wildman–Crippen MR) is 172 cm³/mol. The van der Waals surface area contributed by atoms with Crippen molar-refractivity contribution in [2.24, 2.45) is 27.9 Å². The van der Waals surface area contributed by atoms with Gasteiger partial charge in [-0.3, -0.25) is 9.56 Å². The van der Waals surface area contributed by atoms with Crippen LogP contribution in [0, 0.1) is 5.82 Å². The zero-order chi connectivity index (χ0) is 32.2. The maximum atomic E-state index is 15.0. The van der Waals surface area contributed by atoms with Crippen molar-refractivity contribution in [3.8, 4) is 16.9 Å². The van der Waals surface area contributed by atoms with Gasteiger partial charge in [-0.05, 0) is 74.1 Å². The number of primary amides is 1. The number of hydrogen-bond donors (Lipinski definition) is 6. The van der Waals surface area contributed by atoms with E-state index in [-0.39, 0.29) is 17.0 Å². The summed E-state index contributed by atoms with van der Waals surface area (Å²) in [7, 11) is 1.54. The number of aromatic amines is 1.